The lowest BCUT2D eigenvalue weighted by molar-refractivity contribution is -0.142. The van der Waals surface area contributed by atoms with Crippen LogP contribution in [0.5, 0.6) is 0 Å². The predicted molar refractivity (Wildman–Crippen MR) is 119 cm³/mol. The summed E-state index contributed by atoms with van der Waals surface area (Å²) < 4.78 is 5.55. The van der Waals surface area contributed by atoms with Gasteiger partial charge < -0.3 is 20.1 Å². The fourth-order valence-electron chi connectivity index (χ4n) is 4.81. The number of hydrogen-bond donors (Lipinski definition) is 2. The maximum atomic E-state index is 12.9. The molecule has 1 heterocycles. The number of likely N-dealkylation sites (tertiary alicyclic amines) is 1. The third-order valence-corrected chi connectivity index (χ3v) is 6.58. The van der Waals surface area contributed by atoms with Crippen molar-refractivity contribution in [2.75, 3.05) is 19.7 Å². The van der Waals surface area contributed by atoms with Crippen LogP contribution in [0, 0.1) is 11.8 Å². The van der Waals surface area contributed by atoms with Gasteiger partial charge in [-0.1, -0.05) is 62.4 Å². The molecule has 2 N–H and O–H groups in total. The lowest BCUT2D eigenvalue weighted by Gasteiger charge is -2.23. The zero-order valence-electron chi connectivity index (χ0n) is 18.3. The molecule has 168 valence electrons. The third-order valence-electron chi connectivity index (χ3n) is 6.58. The van der Waals surface area contributed by atoms with Crippen molar-refractivity contribution >= 4 is 18.0 Å². The molecular weight excluding hydrogens is 408 g/mol. The Morgan fingerprint density at radius 3 is 2.19 bits per heavy atom. The standard InChI is InChI=1S/C25H28N2O5/c1-3-22(23(28)27-12-15(2)20(13-27)24(29)30)26-25(31)32-14-21-18-10-6-4-8-16(18)17-9-5-7-11-19(17)21/h4-11,15,20-22H,3,12-14H2,1-2H3,(H,26,31)(H,29,30). The Morgan fingerprint density at radius 2 is 1.66 bits per heavy atom. The smallest absolute Gasteiger partial charge is 0.407 e. The van der Waals surface area contributed by atoms with Gasteiger partial charge in [0.1, 0.15) is 12.6 Å². The Hall–Kier alpha value is -3.35. The number of benzene rings is 2. The molecule has 2 aliphatic rings. The molecule has 1 aliphatic carbocycles. The number of ether oxygens (including phenoxy) is 1. The Labute approximate surface area is 187 Å². The van der Waals surface area contributed by atoms with E-state index in [1.807, 2.05) is 43.3 Å². The van der Waals surface area contributed by atoms with Crippen LogP contribution in [-0.2, 0) is 14.3 Å². The van der Waals surface area contributed by atoms with Gasteiger partial charge in [0.15, 0.2) is 0 Å². The first kappa shape index (κ1) is 21.9. The first-order valence-electron chi connectivity index (χ1n) is 11.0. The molecule has 0 saturated carbocycles. The van der Waals surface area contributed by atoms with Gasteiger partial charge in [0.25, 0.3) is 0 Å². The van der Waals surface area contributed by atoms with E-state index in [0.717, 1.165) is 22.3 Å². The topological polar surface area (TPSA) is 95.9 Å². The van der Waals surface area contributed by atoms with Crippen molar-refractivity contribution in [3.05, 3.63) is 59.7 Å². The van der Waals surface area contributed by atoms with Crippen molar-refractivity contribution in [3.8, 4) is 11.1 Å². The molecular formula is C25H28N2O5. The second-order valence-corrected chi connectivity index (χ2v) is 8.60. The van der Waals surface area contributed by atoms with Gasteiger partial charge >= 0.3 is 12.1 Å². The molecule has 2 aromatic carbocycles. The second kappa shape index (κ2) is 9.02. The van der Waals surface area contributed by atoms with Crippen molar-refractivity contribution in [1.82, 2.24) is 10.2 Å². The Bertz CT molecular complexity index is 991. The number of alkyl carbamates (subject to hydrolysis) is 1. The van der Waals surface area contributed by atoms with Crippen LogP contribution in [0.15, 0.2) is 48.5 Å². The molecule has 7 heteroatoms. The number of nitrogens with zero attached hydrogens (tertiary/aromatic N) is 1. The summed E-state index contributed by atoms with van der Waals surface area (Å²) in [7, 11) is 0. The molecule has 3 atom stereocenters. The van der Waals surface area contributed by atoms with E-state index in [1.54, 1.807) is 6.92 Å². The largest absolute Gasteiger partial charge is 0.481 e. The highest BCUT2D eigenvalue weighted by molar-refractivity contribution is 5.87. The Balaban J connectivity index is 1.38. The van der Waals surface area contributed by atoms with E-state index in [2.05, 4.69) is 17.4 Å². The molecule has 4 rings (SSSR count). The first-order valence-corrected chi connectivity index (χ1v) is 11.0. The number of carbonyl (C=O) groups is 3. The van der Waals surface area contributed by atoms with E-state index in [4.69, 9.17) is 4.74 Å². The van der Waals surface area contributed by atoms with Gasteiger partial charge in [-0.25, -0.2) is 4.79 Å². The third kappa shape index (κ3) is 4.07. The van der Waals surface area contributed by atoms with Crippen molar-refractivity contribution in [2.24, 2.45) is 11.8 Å². The summed E-state index contributed by atoms with van der Waals surface area (Å²) in [6.45, 7) is 4.34. The molecule has 0 spiro atoms. The molecule has 1 saturated heterocycles. The van der Waals surface area contributed by atoms with Crippen LogP contribution in [0.2, 0.25) is 0 Å². The quantitative estimate of drug-likeness (QED) is 0.723. The van der Waals surface area contributed by atoms with Crippen molar-refractivity contribution in [3.63, 3.8) is 0 Å². The summed E-state index contributed by atoms with van der Waals surface area (Å²) in [5.41, 5.74) is 4.54. The molecule has 32 heavy (non-hydrogen) atoms. The monoisotopic (exact) mass is 436 g/mol. The number of amides is 2. The van der Waals surface area contributed by atoms with Crippen LogP contribution < -0.4 is 5.32 Å². The SMILES string of the molecule is CCC(NC(=O)OCC1c2ccccc2-c2ccccc21)C(=O)N1CC(C)C(C(=O)O)C1. The number of rotatable bonds is 6. The van der Waals surface area contributed by atoms with Crippen LogP contribution in [0.3, 0.4) is 0 Å². The zero-order valence-corrected chi connectivity index (χ0v) is 18.3. The summed E-state index contributed by atoms with van der Waals surface area (Å²) in [6.07, 6.45) is -0.250. The fourth-order valence-corrected chi connectivity index (χ4v) is 4.81. The molecule has 2 aromatic rings. The van der Waals surface area contributed by atoms with Crippen molar-refractivity contribution in [2.45, 2.75) is 32.2 Å². The number of nitrogens with one attached hydrogen (secondary N) is 1. The van der Waals surface area contributed by atoms with Crippen LogP contribution in [0.4, 0.5) is 4.79 Å². The first-order chi connectivity index (χ1) is 15.4. The minimum atomic E-state index is -0.898. The number of aliphatic carboxylic acids is 1. The van der Waals surface area contributed by atoms with Crippen LogP contribution >= 0.6 is 0 Å². The van der Waals surface area contributed by atoms with E-state index >= 15 is 0 Å². The molecule has 7 nitrogen and oxygen atoms in total. The highest BCUT2D eigenvalue weighted by atomic mass is 16.5. The minimum Gasteiger partial charge on any atom is -0.481 e. The second-order valence-electron chi connectivity index (χ2n) is 8.60. The highest BCUT2D eigenvalue weighted by Crippen LogP contribution is 2.44. The van der Waals surface area contributed by atoms with Crippen LogP contribution in [-0.4, -0.2) is 53.7 Å². The van der Waals surface area contributed by atoms with Gasteiger partial charge in [-0.3, -0.25) is 9.59 Å². The van der Waals surface area contributed by atoms with Crippen LogP contribution in [0.1, 0.15) is 37.3 Å². The van der Waals surface area contributed by atoms with Gasteiger partial charge in [-0.15, -0.1) is 0 Å². The summed E-state index contributed by atoms with van der Waals surface area (Å²) >= 11 is 0. The van der Waals surface area contributed by atoms with Crippen molar-refractivity contribution in [1.29, 1.82) is 0 Å². The van der Waals surface area contributed by atoms with Gasteiger partial charge in [0.2, 0.25) is 5.91 Å². The lowest BCUT2D eigenvalue weighted by atomic mass is 9.98. The maximum Gasteiger partial charge on any atom is 0.407 e. The maximum absolute atomic E-state index is 12.9. The minimum absolute atomic E-state index is 0.0558. The van der Waals surface area contributed by atoms with E-state index in [-0.39, 0.29) is 30.9 Å². The summed E-state index contributed by atoms with van der Waals surface area (Å²) in [6, 6.07) is 15.4. The fraction of sp³-hybridized carbons (Fsp3) is 0.400. The van der Waals surface area contributed by atoms with Gasteiger partial charge in [-0.2, -0.15) is 0 Å². The predicted octanol–water partition coefficient (Wildman–Crippen LogP) is 3.48. The van der Waals surface area contributed by atoms with E-state index in [1.165, 1.54) is 4.90 Å². The normalized spacial score (nSPS) is 20.4. The number of fused-ring (bicyclic) bond motifs is 3. The average molecular weight is 437 g/mol. The molecule has 0 aromatic heterocycles. The van der Waals surface area contributed by atoms with Crippen molar-refractivity contribution < 1.29 is 24.2 Å². The molecule has 1 fully saturated rings. The van der Waals surface area contributed by atoms with Gasteiger partial charge in [0.05, 0.1) is 5.92 Å². The number of hydrogen-bond acceptors (Lipinski definition) is 4. The molecule has 1 aliphatic heterocycles. The number of carbonyl (C=O) groups excluding carboxylic acids is 2. The zero-order chi connectivity index (χ0) is 22.8. The highest BCUT2D eigenvalue weighted by Gasteiger charge is 2.39. The molecule has 0 radical (unpaired) electrons. The lowest BCUT2D eigenvalue weighted by Crippen LogP contribution is -2.48. The van der Waals surface area contributed by atoms with Gasteiger partial charge in [0, 0.05) is 19.0 Å². The number of carboxylic acids is 1. The van der Waals surface area contributed by atoms with Crippen LogP contribution in [0.25, 0.3) is 11.1 Å². The van der Waals surface area contributed by atoms with E-state index < -0.39 is 24.0 Å². The number of carboxylic acid groups (broad SMARTS) is 1. The molecule has 0 bridgehead atoms. The molecule has 3 unspecified atom stereocenters. The Kier molecular flexibility index (Phi) is 6.17. The van der Waals surface area contributed by atoms with E-state index in [9.17, 15) is 19.5 Å². The summed E-state index contributed by atoms with van der Waals surface area (Å²) in [5.74, 6) is -1.92. The summed E-state index contributed by atoms with van der Waals surface area (Å²) in [5, 5.41) is 12.0. The average Bonchev–Trinajstić information content (AvgIpc) is 3.34. The van der Waals surface area contributed by atoms with Gasteiger partial charge in [-0.05, 0) is 34.6 Å². The molecule has 2 amide bonds. The Morgan fingerprint density at radius 1 is 1.06 bits per heavy atom. The summed E-state index contributed by atoms with van der Waals surface area (Å²) in [4.78, 5) is 38.3. The van der Waals surface area contributed by atoms with E-state index in [0.29, 0.717) is 13.0 Å².